The molecule has 8 N–H and O–H groups in total. The molecule has 790 valence electrons. The molecule has 150 heavy (non-hydrogen) atoms. The standard InChI is InChI=1S/C40H48N6O4S2.C38H44N6O4S2.C38H48N4O4S2/c1-45(2,3)23-9-19-41-33-17-15-31-35-27(33)11-7-13-29(35)37(47)43(39(31)49)21-25-51-52-26-22-44-38(48)30-14-8-12-28-34(42-20-10-24-46(4,5)6)18-16-32(36(28)30)40(44)50;1-41(2)19-7-17-39-31-15-13-29-33-25(31)9-5-11-27(33)35(45)43(37(29)47)21-23-49-50-24-22-44-36(46)28-12-6-10-26-32(40-18-8-20-42(3)4)16-14-30(34(26)28)38(44)48;43-27-21-41(22-28-44)37-15-9-33(10-16-37)7-13-35-5-1-3-19-39(35)25-31-47-48-32-26-40-20-4-2-6-36(40)14-8-34-11-17-38(18-12-34)42(23-29-45)24-30-46/h7-8,11-18H,9-10,19-26H2,1-6H3;5-6,9-16,39-40H,7-8,17-24H2,1-4H3;1-20,43-46H,21-32H2/q;;+2/p+2. The van der Waals surface area contributed by atoms with Gasteiger partial charge in [-0.1, -0.05) is 138 Å². The number of quaternary nitrogens is 2. The molecule has 0 unspecified atom stereocenters. The number of aliphatic hydroxyl groups excluding tert-OH is 4. The first-order valence-corrected chi connectivity index (χ1v) is 58.8. The number of imide groups is 4. The fourth-order valence-electron chi connectivity index (χ4n) is 18.8. The zero-order valence-corrected chi connectivity index (χ0v) is 92.5. The zero-order chi connectivity index (χ0) is 106. The van der Waals surface area contributed by atoms with Gasteiger partial charge < -0.3 is 70.3 Å². The van der Waals surface area contributed by atoms with Gasteiger partial charge >= 0.3 is 0 Å². The molecule has 0 saturated heterocycles. The highest BCUT2D eigenvalue weighted by Gasteiger charge is 2.39. The number of nitrogens with zero attached hydrogens (tertiary/aromatic N) is 12. The minimum atomic E-state index is -0.285. The summed E-state index contributed by atoms with van der Waals surface area (Å²) in [6.07, 6.45) is 16.7. The maximum Gasteiger partial charge on any atom is 0.261 e. The molecule has 4 aliphatic heterocycles. The molecule has 16 rings (SSSR count). The number of anilines is 6. The van der Waals surface area contributed by atoms with E-state index in [1.54, 1.807) is 24.3 Å². The summed E-state index contributed by atoms with van der Waals surface area (Å²) in [6.45, 7) is 12.3. The quantitative estimate of drug-likeness (QED) is 0.00577. The Kier molecular flexibility index (Phi) is 42.0. The van der Waals surface area contributed by atoms with Crippen LogP contribution in [-0.2, 0) is 13.1 Å². The summed E-state index contributed by atoms with van der Waals surface area (Å²) in [5.41, 5.74) is 14.5. The van der Waals surface area contributed by atoms with Crippen molar-refractivity contribution in [2.75, 3.05) is 267 Å². The Labute approximate surface area is 904 Å². The Bertz CT molecular complexity index is 6300. The third kappa shape index (κ3) is 29.7. The van der Waals surface area contributed by atoms with Crippen LogP contribution in [-0.4, -0.2) is 342 Å². The maximum absolute atomic E-state index is 13.6. The SMILES string of the molecule is CN(C)CCCNc1ccc2c3c(cccc13)C(=O)N(CCSSCCN1C(=O)c3cccc4c(NCCCN(C)C)ccc(c34)C1=O)C2=O.C[N+](C)(C)CCCNc1ccc2c3c(cccc13)C(=O)N(CCSSCCN1C(=O)c3cccc4c(NCCC[N+](C)(C)C)ccc(c34)C1=O)C2=O.OCCN(CCO)c1ccc(/C=C/c2cccc[n+]2CCSSCC[n+]2ccccc2/C=C/c2ccc(N(CCO)CCO)cc2)cc1. The van der Waals surface area contributed by atoms with Crippen LogP contribution in [0, 0.1) is 0 Å². The first-order chi connectivity index (χ1) is 72.6. The van der Waals surface area contributed by atoms with Crippen LogP contribution in [0.3, 0.4) is 0 Å². The lowest BCUT2D eigenvalue weighted by molar-refractivity contribution is -0.870. The van der Waals surface area contributed by atoms with Gasteiger partial charge in [0.2, 0.25) is 11.4 Å². The molecule has 0 bridgehead atoms. The number of aliphatic hydroxyl groups is 4. The Morgan fingerprint density at radius 1 is 0.293 bits per heavy atom. The Hall–Kier alpha value is -11.8. The van der Waals surface area contributed by atoms with E-state index in [2.05, 4.69) is 180 Å². The van der Waals surface area contributed by atoms with Crippen LogP contribution in [0.25, 0.3) is 67.4 Å². The second-order valence-corrected chi connectivity index (χ2v) is 47.8. The summed E-state index contributed by atoms with van der Waals surface area (Å²) in [5.74, 6) is 1.81. The molecule has 28 nitrogen and oxygen atoms in total. The molecule has 2 aromatic heterocycles. The number of benzene rings is 10. The molecule has 34 heteroatoms. The highest BCUT2D eigenvalue weighted by atomic mass is 33.1. The van der Waals surface area contributed by atoms with Gasteiger partial charge in [0.05, 0.1) is 93.3 Å². The number of nitrogens with one attached hydrogen (secondary N) is 4. The summed E-state index contributed by atoms with van der Waals surface area (Å²) in [7, 11) is 31.1. The number of amides is 8. The smallest absolute Gasteiger partial charge is 0.261 e. The average molecular weight is 2140 g/mol. The number of aryl methyl sites for hydroxylation is 2. The molecule has 0 atom stereocenters. The topological polar surface area (TPSA) is 299 Å². The average Bonchev–Trinajstić information content (AvgIpc) is 0.752. The summed E-state index contributed by atoms with van der Waals surface area (Å²) in [6, 6.07) is 66.4. The Morgan fingerprint density at radius 2 is 0.553 bits per heavy atom. The van der Waals surface area contributed by atoms with E-state index in [0.29, 0.717) is 115 Å². The number of carbonyl (C=O) groups is 8. The van der Waals surface area contributed by atoms with Crippen LogP contribution >= 0.6 is 64.8 Å². The van der Waals surface area contributed by atoms with E-state index < -0.39 is 0 Å². The minimum Gasteiger partial charge on any atom is -0.395 e. The molecule has 0 aliphatic carbocycles. The van der Waals surface area contributed by atoms with Crippen LogP contribution < -0.4 is 40.2 Å². The predicted molar refractivity (Wildman–Crippen MR) is 624 cm³/mol. The number of carbonyl (C=O) groups excluding carboxylic acids is 8. The molecule has 4 aliphatic rings. The molecular weight excluding hydrogens is 2000 g/mol. The van der Waals surface area contributed by atoms with Crippen LogP contribution in [0.4, 0.5) is 34.1 Å². The van der Waals surface area contributed by atoms with E-state index in [9.17, 15) is 58.8 Å². The third-order valence-electron chi connectivity index (χ3n) is 26.3. The van der Waals surface area contributed by atoms with Crippen LogP contribution in [0.1, 0.15) is 131 Å². The van der Waals surface area contributed by atoms with Gasteiger partial charge in [-0.15, -0.1) is 0 Å². The lowest BCUT2D eigenvalue weighted by Crippen LogP contribution is -2.42. The van der Waals surface area contributed by atoms with E-state index in [4.69, 9.17) is 0 Å². The predicted octanol–water partition coefficient (Wildman–Crippen LogP) is 16.5. The van der Waals surface area contributed by atoms with Crippen molar-refractivity contribution < 1.29 is 76.9 Å². The van der Waals surface area contributed by atoms with Crippen molar-refractivity contribution in [3.8, 4) is 0 Å². The fraction of sp³-hybridized carbons (Fsp3) is 0.362. The van der Waals surface area contributed by atoms with Crippen molar-refractivity contribution in [2.24, 2.45) is 0 Å². The van der Waals surface area contributed by atoms with Gasteiger partial charge in [-0.2, -0.15) is 9.13 Å². The molecule has 0 fully saturated rings. The van der Waals surface area contributed by atoms with E-state index in [1.807, 2.05) is 181 Å². The first-order valence-electron chi connectivity index (χ1n) is 51.3. The summed E-state index contributed by atoms with van der Waals surface area (Å²) in [4.78, 5) is 122. The van der Waals surface area contributed by atoms with Gasteiger partial charge in [-0.3, -0.25) is 58.0 Å². The summed E-state index contributed by atoms with van der Waals surface area (Å²) >= 11 is 0. The molecule has 10 aromatic carbocycles. The van der Waals surface area contributed by atoms with Crippen LogP contribution in [0.5, 0.6) is 0 Å². The minimum absolute atomic E-state index is 0.0508. The second-order valence-electron chi connectivity index (χ2n) is 39.6. The summed E-state index contributed by atoms with van der Waals surface area (Å²) < 4.78 is 6.34. The van der Waals surface area contributed by atoms with Crippen LogP contribution in [0.15, 0.2) is 219 Å². The molecule has 0 saturated carbocycles. The number of pyridine rings is 2. The molecule has 12 aromatic rings. The van der Waals surface area contributed by atoms with Crippen molar-refractivity contribution in [3.63, 3.8) is 0 Å². The Morgan fingerprint density at radius 3 is 0.813 bits per heavy atom. The number of hydrogen-bond acceptors (Lipinski definition) is 26. The first kappa shape index (κ1) is 114. The highest BCUT2D eigenvalue weighted by Crippen LogP contribution is 2.41. The monoisotopic (exact) mass is 2140 g/mol. The Balaban J connectivity index is 0.000000177. The van der Waals surface area contributed by atoms with Gasteiger partial charge in [-0.05, 0) is 187 Å². The number of rotatable bonds is 55. The second kappa shape index (κ2) is 55.4. The van der Waals surface area contributed by atoms with Crippen molar-refractivity contribution in [3.05, 3.63) is 286 Å². The van der Waals surface area contributed by atoms with Gasteiger partial charge in [0.1, 0.15) is 0 Å². The highest BCUT2D eigenvalue weighted by molar-refractivity contribution is 8.77. The normalized spacial score (nSPS) is 13.5. The van der Waals surface area contributed by atoms with E-state index in [-0.39, 0.29) is 99.9 Å². The van der Waals surface area contributed by atoms with E-state index >= 15 is 0 Å². The van der Waals surface area contributed by atoms with Gasteiger partial charge in [-0.25, -0.2) is 0 Å². The van der Waals surface area contributed by atoms with Crippen LogP contribution in [0.2, 0.25) is 0 Å². The largest absolute Gasteiger partial charge is 0.395 e. The maximum atomic E-state index is 13.6. The van der Waals surface area contributed by atoms with Gasteiger partial charge in [0, 0.05) is 273 Å². The lowest BCUT2D eigenvalue weighted by Gasteiger charge is -2.28. The van der Waals surface area contributed by atoms with E-state index in [0.717, 1.165) is 190 Å². The van der Waals surface area contributed by atoms with Gasteiger partial charge in [0.25, 0.3) is 47.3 Å². The molecule has 8 amide bonds. The number of aromatic nitrogens is 2. The molecular formula is C116H142N16O12S6+4. The van der Waals surface area contributed by atoms with Gasteiger partial charge in [0.15, 0.2) is 25.5 Å². The molecule has 6 heterocycles. The molecule has 0 radical (unpaired) electrons. The van der Waals surface area contributed by atoms with Crippen molar-refractivity contribution >= 4 is 214 Å². The van der Waals surface area contributed by atoms with Crippen molar-refractivity contribution in [2.45, 2.75) is 38.8 Å². The van der Waals surface area contributed by atoms with Crippen molar-refractivity contribution in [1.29, 1.82) is 0 Å². The molecule has 0 spiro atoms. The van der Waals surface area contributed by atoms with Crippen molar-refractivity contribution in [1.82, 2.24) is 29.4 Å². The fourth-order valence-corrected chi connectivity index (χ4v) is 24.6. The zero-order valence-electron chi connectivity index (χ0n) is 87.6. The summed E-state index contributed by atoms with van der Waals surface area (Å²) in [5, 5.41) is 57.6. The number of hydrogen-bond donors (Lipinski definition) is 8. The third-order valence-corrected chi connectivity index (χ3v) is 33.4. The lowest BCUT2D eigenvalue weighted by atomic mass is 9.93. The van der Waals surface area contributed by atoms with E-state index in [1.165, 1.54) is 62.8 Å².